The molecular formula is C34H42N4O4. The highest BCUT2D eigenvalue weighted by Crippen LogP contribution is 2.48. The van der Waals surface area contributed by atoms with Gasteiger partial charge in [-0.05, 0) is 80.0 Å². The van der Waals surface area contributed by atoms with E-state index in [9.17, 15) is 14.4 Å². The number of ether oxygens (including phenoxy) is 1. The number of rotatable bonds is 16. The molecule has 3 aromatic carbocycles. The van der Waals surface area contributed by atoms with Gasteiger partial charge >= 0.3 is 0 Å². The molecule has 0 heterocycles. The van der Waals surface area contributed by atoms with Gasteiger partial charge in [-0.1, -0.05) is 60.7 Å². The predicted molar refractivity (Wildman–Crippen MR) is 164 cm³/mol. The van der Waals surface area contributed by atoms with Crippen LogP contribution in [0.5, 0.6) is 5.75 Å². The smallest absolute Gasteiger partial charge is 0.251 e. The molecule has 0 aromatic heterocycles. The van der Waals surface area contributed by atoms with Gasteiger partial charge in [-0.2, -0.15) is 0 Å². The molecule has 2 atom stereocenters. The van der Waals surface area contributed by atoms with Crippen molar-refractivity contribution in [3.63, 3.8) is 0 Å². The number of hydrogen-bond donors (Lipinski definition) is 4. The van der Waals surface area contributed by atoms with E-state index in [0.29, 0.717) is 31.7 Å². The van der Waals surface area contributed by atoms with E-state index in [4.69, 9.17) is 10.5 Å². The highest BCUT2D eigenvalue weighted by atomic mass is 16.5. The van der Waals surface area contributed by atoms with Crippen molar-refractivity contribution in [2.24, 2.45) is 11.1 Å². The molecule has 42 heavy (non-hydrogen) atoms. The maximum absolute atomic E-state index is 13.8. The predicted octanol–water partition coefficient (Wildman–Crippen LogP) is 3.79. The second-order valence-corrected chi connectivity index (χ2v) is 11.0. The summed E-state index contributed by atoms with van der Waals surface area (Å²) in [4.78, 5) is 40.4. The molecule has 1 saturated carbocycles. The third kappa shape index (κ3) is 9.17. The summed E-state index contributed by atoms with van der Waals surface area (Å²) in [7, 11) is 0. The van der Waals surface area contributed by atoms with Crippen molar-refractivity contribution in [3.05, 3.63) is 102 Å². The number of nitrogens with one attached hydrogen (secondary N) is 3. The van der Waals surface area contributed by atoms with Crippen molar-refractivity contribution in [2.45, 2.75) is 57.5 Å². The minimum atomic E-state index is -0.902. The zero-order valence-electron chi connectivity index (χ0n) is 24.3. The normalized spacial score (nSPS) is 14.7. The minimum absolute atomic E-state index is 0.107. The van der Waals surface area contributed by atoms with Gasteiger partial charge in [0.05, 0.1) is 6.61 Å². The van der Waals surface area contributed by atoms with Crippen LogP contribution < -0.4 is 26.4 Å². The molecule has 8 heteroatoms. The lowest BCUT2D eigenvalue weighted by Gasteiger charge is -2.25. The van der Waals surface area contributed by atoms with Gasteiger partial charge in [0.1, 0.15) is 17.8 Å². The zero-order valence-corrected chi connectivity index (χ0v) is 24.3. The highest BCUT2D eigenvalue weighted by Gasteiger charge is 2.42. The Morgan fingerprint density at radius 2 is 1.40 bits per heavy atom. The summed E-state index contributed by atoms with van der Waals surface area (Å²) < 4.78 is 5.54. The fourth-order valence-corrected chi connectivity index (χ4v) is 5.06. The highest BCUT2D eigenvalue weighted by molar-refractivity contribution is 5.98. The maximum atomic E-state index is 13.8. The van der Waals surface area contributed by atoms with Gasteiger partial charge in [-0.15, -0.1) is 0 Å². The molecule has 0 radical (unpaired) electrons. The summed E-state index contributed by atoms with van der Waals surface area (Å²) in [5.41, 5.74) is 8.05. The molecule has 222 valence electrons. The largest absolute Gasteiger partial charge is 0.494 e. The summed E-state index contributed by atoms with van der Waals surface area (Å²) in [6.45, 7) is 3.66. The third-order valence-electron chi connectivity index (χ3n) is 7.75. The maximum Gasteiger partial charge on any atom is 0.251 e. The zero-order chi connectivity index (χ0) is 29.8. The Balaban J connectivity index is 1.51. The van der Waals surface area contributed by atoms with Crippen LogP contribution in [0.25, 0.3) is 0 Å². The van der Waals surface area contributed by atoms with Gasteiger partial charge in [0.25, 0.3) is 5.91 Å². The van der Waals surface area contributed by atoms with E-state index >= 15 is 0 Å². The molecule has 5 N–H and O–H groups in total. The molecule has 1 aliphatic rings. The van der Waals surface area contributed by atoms with Crippen LogP contribution in [0, 0.1) is 5.41 Å². The van der Waals surface area contributed by atoms with Gasteiger partial charge in [0.15, 0.2) is 0 Å². The first-order valence-corrected chi connectivity index (χ1v) is 14.8. The van der Waals surface area contributed by atoms with E-state index < -0.39 is 18.0 Å². The molecule has 2 unspecified atom stereocenters. The van der Waals surface area contributed by atoms with Crippen LogP contribution in [0.15, 0.2) is 84.9 Å². The Bertz CT molecular complexity index is 1290. The first-order chi connectivity index (χ1) is 20.4. The molecule has 0 aliphatic heterocycles. The van der Waals surface area contributed by atoms with Crippen LogP contribution in [0.1, 0.15) is 54.1 Å². The van der Waals surface area contributed by atoms with Gasteiger partial charge in [-0.25, -0.2) is 0 Å². The van der Waals surface area contributed by atoms with Crippen molar-refractivity contribution in [1.29, 1.82) is 0 Å². The number of carbonyl (C=O) groups excluding carboxylic acids is 3. The van der Waals surface area contributed by atoms with Crippen molar-refractivity contribution < 1.29 is 19.1 Å². The lowest BCUT2D eigenvalue weighted by molar-refractivity contribution is -0.130. The van der Waals surface area contributed by atoms with E-state index in [1.165, 1.54) is 0 Å². The number of benzene rings is 3. The lowest BCUT2D eigenvalue weighted by Crippen LogP contribution is -2.55. The number of hydrogen-bond acceptors (Lipinski definition) is 5. The molecular weight excluding hydrogens is 528 g/mol. The first kappa shape index (κ1) is 30.8. The van der Waals surface area contributed by atoms with Crippen LogP contribution >= 0.6 is 0 Å². The SMILES string of the molecule is CCOc1ccc(CC(NC(=O)c2ccccc2)C(=O)NC(Cc2ccccc2)C(=O)NCC2(CCCN)CC2)cc1. The van der Waals surface area contributed by atoms with Crippen LogP contribution in [-0.4, -0.2) is 49.5 Å². The van der Waals surface area contributed by atoms with Crippen LogP contribution in [0.3, 0.4) is 0 Å². The number of carbonyl (C=O) groups is 3. The van der Waals surface area contributed by atoms with E-state index in [1.807, 2.05) is 67.6 Å². The monoisotopic (exact) mass is 570 g/mol. The second kappa shape index (κ2) is 15.2. The Labute approximate surface area is 248 Å². The average molecular weight is 571 g/mol. The molecule has 1 fully saturated rings. The van der Waals surface area contributed by atoms with Crippen molar-refractivity contribution in [3.8, 4) is 5.75 Å². The standard InChI is InChI=1S/C34H42N4O4/c1-2-42-28-16-14-26(15-17-28)23-30(37-31(39)27-12-7-4-8-13-27)33(41)38-29(22-25-10-5-3-6-11-25)32(40)36-24-34(19-20-34)18-9-21-35/h3-8,10-17,29-30H,2,9,18-24,35H2,1H3,(H,36,40)(H,37,39)(H,38,41). The molecule has 8 nitrogen and oxygen atoms in total. The van der Waals surface area contributed by atoms with E-state index in [2.05, 4.69) is 16.0 Å². The van der Waals surface area contributed by atoms with Crippen molar-refractivity contribution in [2.75, 3.05) is 19.7 Å². The second-order valence-electron chi connectivity index (χ2n) is 11.0. The van der Waals surface area contributed by atoms with E-state index in [0.717, 1.165) is 42.6 Å². The minimum Gasteiger partial charge on any atom is -0.494 e. The van der Waals surface area contributed by atoms with Gasteiger partial charge in [-0.3, -0.25) is 14.4 Å². The Morgan fingerprint density at radius 1 is 0.810 bits per heavy atom. The third-order valence-corrected chi connectivity index (χ3v) is 7.75. The fraction of sp³-hybridized carbons (Fsp3) is 0.382. The molecule has 3 amide bonds. The van der Waals surface area contributed by atoms with Crippen molar-refractivity contribution in [1.82, 2.24) is 16.0 Å². The summed E-state index contributed by atoms with van der Waals surface area (Å²) >= 11 is 0. The Kier molecular flexibility index (Phi) is 11.1. The van der Waals surface area contributed by atoms with Gasteiger partial charge in [0, 0.05) is 24.9 Å². The van der Waals surface area contributed by atoms with Gasteiger partial charge in [0.2, 0.25) is 11.8 Å². The lowest BCUT2D eigenvalue weighted by atomic mass is 9.99. The molecule has 4 rings (SSSR count). The van der Waals surface area contributed by atoms with Gasteiger partial charge < -0.3 is 26.4 Å². The average Bonchev–Trinajstić information content (AvgIpc) is 3.80. The molecule has 3 aromatic rings. The Hall–Kier alpha value is -4.17. The van der Waals surface area contributed by atoms with Crippen molar-refractivity contribution >= 4 is 17.7 Å². The molecule has 0 bridgehead atoms. The first-order valence-electron chi connectivity index (χ1n) is 14.8. The van der Waals surface area contributed by atoms with Crippen LogP contribution in [-0.2, 0) is 22.4 Å². The summed E-state index contributed by atoms with van der Waals surface area (Å²) in [6, 6.07) is 24.1. The van der Waals surface area contributed by atoms with E-state index in [-0.39, 0.29) is 23.7 Å². The topological polar surface area (TPSA) is 123 Å². The number of nitrogens with two attached hydrogens (primary N) is 1. The summed E-state index contributed by atoms with van der Waals surface area (Å²) in [5.74, 6) is -0.287. The summed E-state index contributed by atoms with van der Waals surface area (Å²) in [6.07, 6.45) is 4.62. The Morgan fingerprint density at radius 3 is 2.00 bits per heavy atom. The number of amides is 3. The summed E-state index contributed by atoms with van der Waals surface area (Å²) in [5, 5.41) is 8.95. The van der Waals surface area contributed by atoms with Crippen LogP contribution in [0.2, 0.25) is 0 Å². The molecule has 1 aliphatic carbocycles. The quantitative estimate of drug-likeness (QED) is 0.209. The fourth-order valence-electron chi connectivity index (χ4n) is 5.06. The molecule has 0 saturated heterocycles. The van der Waals surface area contributed by atoms with E-state index in [1.54, 1.807) is 24.3 Å². The molecule has 0 spiro atoms. The van der Waals surface area contributed by atoms with Crippen LogP contribution in [0.4, 0.5) is 0 Å².